The van der Waals surface area contributed by atoms with Crippen LogP contribution in [-0.2, 0) is 4.79 Å². The molecular weight excluding hydrogens is 268 g/mol. The summed E-state index contributed by atoms with van der Waals surface area (Å²) in [4.78, 5) is 16.2. The molecule has 1 N–H and O–H groups in total. The largest absolute Gasteiger partial charge is 0.377 e. The number of anilines is 1. The monoisotopic (exact) mass is 280 g/mol. The molecule has 0 aliphatic carbocycles. The molecule has 1 amide bonds. The van der Waals surface area contributed by atoms with Crippen molar-refractivity contribution in [2.24, 2.45) is 0 Å². The Kier molecular flexibility index (Phi) is 2.99. The second-order valence-corrected chi connectivity index (χ2v) is 5.99. The van der Waals surface area contributed by atoms with Crippen LogP contribution in [0.3, 0.4) is 0 Å². The highest BCUT2D eigenvalue weighted by Gasteiger charge is 2.27. The van der Waals surface area contributed by atoms with E-state index in [2.05, 4.69) is 10.2 Å². The zero-order valence-electron chi connectivity index (χ0n) is 10.00. The van der Waals surface area contributed by atoms with E-state index in [9.17, 15) is 4.79 Å². The molecule has 1 aromatic rings. The number of rotatable bonds is 0. The van der Waals surface area contributed by atoms with Crippen molar-refractivity contribution in [3.05, 3.63) is 33.8 Å². The van der Waals surface area contributed by atoms with Crippen LogP contribution in [-0.4, -0.2) is 24.4 Å². The standard InChI is InChI=1S/C13H13ClN2OS/c1-16-6-2-3-10(16)12-13(17)15-9-7-8(14)4-5-11(9)18-12/h4-5,7H,2-3,6H2,1H3,(H,15,17)/b12-10-. The maximum Gasteiger partial charge on any atom is 0.264 e. The molecule has 2 heterocycles. The van der Waals surface area contributed by atoms with Crippen LogP contribution in [0.15, 0.2) is 33.7 Å². The van der Waals surface area contributed by atoms with Crippen LogP contribution in [0, 0.1) is 0 Å². The van der Waals surface area contributed by atoms with E-state index in [0.717, 1.165) is 40.6 Å². The molecule has 0 saturated carbocycles. The topological polar surface area (TPSA) is 32.3 Å². The number of fused-ring (bicyclic) bond motifs is 1. The molecule has 0 atom stereocenters. The number of thioether (sulfide) groups is 1. The number of benzene rings is 1. The van der Waals surface area contributed by atoms with E-state index in [1.807, 2.05) is 19.2 Å². The summed E-state index contributed by atoms with van der Waals surface area (Å²) < 4.78 is 0. The van der Waals surface area contributed by atoms with Crippen LogP contribution < -0.4 is 5.32 Å². The molecule has 2 aliphatic heterocycles. The van der Waals surface area contributed by atoms with Gasteiger partial charge in [-0.1, -0.05) is 23.4 Å². The number of nitrogens with zero attached hydrogens (tertiary/aromatic N) is 1. The molecular formula is C13H13ClN2OS. The Morgan fingerprint density at radius 2 is 2.28 bits per heavy atom. The summed E-state index contributed by atoms with van der Waals surface area (Å²) in [6.07, 6.45) is 2.10. The molecule has 0 bridgehead atoms. The van der Waals surface area contributed by atoms with Crippen LogP contribution in [0.25, 0.3) is 0 Å². The number of amides is 1. The SMILES string of the molecule is CN1CCC/C1=C1/Sc2ccc(Cl)cc2NC1=O. The number of nitrogens with one attached hydrogen (secondary N) is 1. The lowest BCUT2D eigenvalue weighted by atomic mass is 10.2. The summed E-state index contributed by atoms with van der Waals surface area (Å²) in [5.74, 6) is -0.0153. The van der Waals surface area contributed by atoms with Crippen LogP contribution in [0.2, 0.25) is 5.02 Å². The molecule has 1 saturated heterocycles. The molecule has 3 nitrogen and oxygen atoms in total. The lowest BCUT2D eigenvalue weighted by Crippen LogP contribution is -2.22. The van der Waals surface area contributed by atoms with Crippen LogP contribution >= 0.6 is 23.4 Å². The average molecular weight is 281 g/mol. The second-order valence-electron chi connectivity index (χ2n) is 4.50. The number of hydrogen-bond acceptors (Lipinski definition) is 3. The predicted molar refractivity (Wildman–Crippen MR) is 74.8 cm³/mol. The zero-order valence-corrected chi connectivity index (χ0v) is 11.6. The molecule has 0 spiro atoms. The van der Waals surface area contributed by atoms with E-state index in [0.29, 0.717) is 5.02 Å². The normalized spacial score (nSPS) is 23.0. The number of hydrogen-bond donors (Lipinski definition) is 1. The van der Waals surface area contributed by atoms with Crippen LogP contribution in [0.5, 0.6) is 0 Å². The number of halogens is 1. The fourth-order valence-electron chi connectivity index (χ4n) is 2.31. The zero-order chi connectivity index (χ0) is 12.7. The predicted octanol–water partition coefficient (Wildman–Crippen LogP) is 3.32. The number of carbonyl (C=O) groups is 1. The minimum Gasteiger partial charge on any atom is -0.377 e. The number of allylic oxidation sites excluding steroid dienone is 1. The lowest BCUT2D eigenvalue weighted by molar-refractivity contribution is -0.112. The molecule has 0 radical (unpaired) electrons. The third kappa shape index (κ3) is 1.99. The van der Waals surface area contributed by atoms with Gasteiger partial charge >= 0.3 is 0 Å². The van der Waals surface area contributed by atoms with E-state index in [-0.39, 0.29) is 5.91 Å². The van der Waals surface area contributed by atoms with Gasteiger partial charge in [0, 0.05) is 29.2 Å². The van der Waals surface area contributed by atoms with E-state index in [4.69, 9.17) is 11.6 Å². The van der Waals surface area contributed by atoms with Gasteiger partial charge < -0.3 is 10.2 Å². The molecule has 94 valence electrons. The van der Waals surface area contributed by atoms with Gasteiger partial charge in [-0.15, -0.1) is 0 Å². The van der Waals surface area contributed by atoms with Crippen molar-refractivity contribution >= 4 is 35.0 Å². The van der Waals surface area contributed by atoms with Crippen molar-refractivity contribution in [3.63, 3.8) is 0 Å². The Bertz CT molecular complexity index is 556. The van der Waals surface area contributed by atoms with Gasteiger partial charge in [0.15, 0.2) is 0 Å². The molecule has 3 rings (SSSR count). The maximum atomic E-state index is 12.1. The highest BCUT2D eigenvalue weighted by molar-refractivity contribution is 8.04. The third-order valence-corrected chi connectivity index (χ3v) is 4.67. The summed E-state index contributed by atoms with van der Waals surface area (Å²) in [5.41, 5.74) is 1.96. The first-order valence-corrected chi connectivity index (χ1v) is 7.07. The fourth-order valence-corrected chi connectivity index (χ4v) is 3.58. The Hall–Kier alpha value is -1.13. The Morgan fingerprint density at radius 1 is 1.44 bits per heavy atom. The second kappa shape index (κ2) is 4.52. The van der Waals surface area contributed by atoms with Gasteiger partial charge in [-0.3, -0.25) is 4.79 Å². The molecule has 1 aromatic carbocycles. The third-order valence-electron chi connectivity index (χ3n) is 3.24. The summed E-state index contributed by atoms with van der Waals surface area (Å²) >= 11 is 7.47. The van der Waals surface area contributed by atoms with Crippen molar-refractivity contribution in [3.8, 4) is 0 Å². The van der Waals surface area contributed by atoms with Gasteiger partial charge in [-0.05, 0) is 31.0 Å². The van der Waals surface area contributed by atoms with Crippen molar-refractivity contribution in [1.29, 1.82) is 0 Å². The van der Waals surface area contributed by atoms with Gasteiger partial charge in [0.25, 0.3) is 5.91 Å². The highest BCUT2D eigenvalue weighted by atomic mass is 35.5. The van der Waals surface area contributed by atoms with Crippen LogP contribution in [0.1, 0.15) is 12.8 Å². The highest BCUT2D eigenvalue weighted by Crippen LogP contribution is 2.42. The number of likely N-dealkylation sites (tertiary alicyclic amines) is 1. The van der Waals surface area contributed by atoms with Crippen LogP contribution in [0.4, 0.5) is 5.69 Å². The van der Waals surface area contributed by atoms with E-state index in [1.165, 1.54) is 0 Å². The molecule has 18 heavy (non-hydrogen) atoms. The minimum atomic E-state index is -0.0153. The Balaban J connectivity index is 2.02. The van der Waals surface area contributed by atoms with Crippen molar-refractivity contribution in [2.75, 3.05) is 18.9 Å². The van der Waals surface area contributed by atoms with E-state index < -0.39 is 0 Å². The Morgan fingerprint density at radius 3 is 3.00 bits per heavy atom. The summed E-state index contributed by atoms with van der Waals surface area (Å²) in [7, 11) is 2.04. The smallest absolute Gasteiger partial charge is 0.264 e. The first-order chi connectivity index (χ1) is 8.65. The number of carbonyl (C=O) groups excluding carboxylic acids is 1. The molecule has 1 fully saturated rings. The fraction of sp³-hybridized carbons (Fsp3) is 0.308. The average Bonchev–Trinajstić information content (AvgIpc) is 2.74. The molecule has 0 aromatic heterocycles. The van der Waals surface area contributed by atoms with Gasteiger partial charge in [-0.25, -0.2) is 0 Å². The van der Waals surface area contributed by atoms with E-state index >= 15 is 0 Å². The summed E-state index contributed by atoms with van der Waals surface area (Å²) in [5, 5.41) is 3.56. The summed E-state index contributed by atoms with van der Waals surface area (Å²) in [6.45, 7) is 1.03. The quantitative estimate of drug-likeness (QED) is 0.740. The van der Waals surface area contributed by atoms with Gasteiger partial charge in [0.2, 0.25) is 0 Å². The van der Waals surface area contributed by atoms with Crippen molar-refractivity contribution in [2.45, 2.75) is 17.7 Å². The maximum absolute atomic E-state index is 12.1. The molecule has 5 heteroatoms. The Labute approximate surface area is 115 Å². The lowest BCUT2D eigenvalue weighted by Gasteiger charge is -2.23. The van der Waals surface area contributed by atoms with Crippen molar-refractivity contribution < 1.29 is 4.79 Å². The van der Waals surface area contributed by atoms with Gasteiger partial charge in [0.1, 0.15) is 0 Å². The molecule has 2 aliphatic rings. The minimum absolute atomic E-state index is 0.0153. The van der Waals surface area contributed by atoms with Gasteiger partial charge in [-0.2, -0.15) is 0 Å². The molecule has 0 unspecified atom stereocenters. The first-order valence-electron chi connectivity index (χ1n) is 5.88. The summed E-state index contributed by atoms with van der Waals surface area (Å²) in [6, 6.07) is 5.60. The van der Waals surface area contributed by atoms with Gasteiger partial charge in [0.05, 0.1) is 10.6 Å². The first kappa shape index (κ1) is 11.9. The van der Waals surface area contributed by atoms with E-state index in [1.54, 1.807) is 17.8 Å². The van der Waals surface area contributed by atoms with Crippen molar-refractivity contribution in [1.82, 2.24) is 4.90 Å².